The van der Waals surface area contributed by atoms with Crippen molar-refractivity contribution < 1.29 is 35.2 Å². The Balaban J connectivity index is 1.08. The van der Waals surface area contributed by atoms with E-state index in [0.29, 0.717) is 61.3 Å². The van der Waals surface area contributed by atoms with Crippen molar-refractivity contribution in [1.82, 2.24) is 24.1 Å². The minimum atomic E-state index is -4.80. The molecular formula is C59H31F6N5O2. The van der Waals surface area contributed by atoms with Crippen LogP contribution in [0.15, 0.2) is 197 Å². The molecule has 13 heteroatoms. The summed E-state index contributed by atoms with van der Waals surface area (Å²) < 4.78 is 107. The number of alkyl halides is 6. The molecule has 9 aromatic carbocycles. The molecule has 346 valence electrons. The smallest absolute Gasteiger partial charge is 0.416 e. The van der Waals surface area contributed by atoms with Crippen molar-refractivity contribution in [1.29, 1.82) is 0 Å². The second kappa shape index (κ2) is 15.1. The van der Waals surface area contributed by atoms with Gasteiger partial charge in [-0.25, -0.2) is 15.0 Å². The lowest BCUT2D eigenvalue weighted by atomic mass is 10.0. The standard InChI is InChI=1S/C59H31F6N5O2/c60-58(61,62)33-22-24-43(69-41-18-8-4-14-35(41)51-45(69)26-28-49-53(51)37-16-6-10-20-47(37)71-49)39(30-33)56-66-55(32-12-2-1-3-13-32)67-57(68-56)40-31-34(59(63,64)65)23-25-44(40)70-42-19-9-5-15-36(42)52-46(70)27-29-50-54(52)38-17-7-11-21-48(38)72-50/h1-31H. The van der Waals surface area contributed by atoms with Crippen LogP contribution >= 0.6 is 0 Å². The number of benzene rings is 9. The summed E-state index contributed by atoms with van der Waals surface area (Å²) in [6, 6.07) is 53.5. The predicted octanol–water partition coefficient (Wildman–Crippen LogP) is 16.9. The molecule has 0 aliphatic heterocycles. The average Bonchev–Trinajstić information content (AvgIpc) is 4.15. The molecule has 0 amide bonds. The summed E-state index contributed by atoms with van der Waals surface area (Å²) in [7, 11) is 0. The summed E-state index contributed by atoms with van der Waals surface area (Å²) in [5.41, 5.74) is 4.33. The number of furan rings is 2. The number of para-hydroxylation sites is 4. The second-order valence-corrected chi connectivity index (χ2v) is 17.7. The van der Waals surface area contributed by atoms with Gasteiger partial charge in [-0.05, 0) is 84.9 Å². The first kappa shape index (κ1) is 41.7. The Hall–Kier alpha value is -9.23. The molecule has 5 heterocycles. The molecule has 0 aliphatic carbocycles. The van der Waals surface area contributed by atoms with Crippen LogP contribution in [0.25, 0.3) is 133 Å². The van der Waals surface area contributed by atoms with E-state index < -0.39 is 23.5 Å². The number of rotatable bonds is 5. The minimum absolute atomic E-state index is 0.0323. The van der Waals surface area contributed by atoms with Gasteiger partial charge in [-0.3, -0.25) is 0 Å². The monoisotopic (exact) mass is 955 g/mol. The number of nitrogens with zero attached hydrogens (tertiary/aromatic N) is 5. The molecule has 0 saturated heterocycles. The van der Waals surface area contributed by atoms with Crippen LogP contribution in [-0.2, 0) is 12.4 Å². The van der Waals surface area contributed by atoms with Crippen molar-refractivity contribution in [3.8, 4) is 45.5 Å². The first-order chi connectivity index (χ1) is 35.0. The van der Waals surface area contributed by atoms with Gasteiger partial charge >= 0.3 is 12.4 Å². The van der Waals surface area contributed by atoms with Gasteiger partial charge in [-0.15, -0.1) is 0 Å². The number of hydrogen-bond acceptors (Lipinski definition) is 5. The highest BCUT2D eigenvalue weighted by Crippen LogP contribution is 2.46. The Morgan fingerprint density at radius 3 is 1.19 bits per heavy atom. The molecule has 0 radical (unpaired) electrons. The van der Waals surface area contributed by atoms with Crippen molar-refractivity contribution >= 4 is 87.5 Å². The number of halogens is 6. The van der Waals surface area contributed by atoms with Crippen LogP contribution in [0.3, 0.4) is 0 Å². The van der Waals surface area contributed by atoms with Crippen LogP contribution < -0.4 is 0 Å². The Morgan fingerprint density at radius 2 is 0.736 bits per heavy atom. The Morgan fingerprint density at radius 1 is 0.333 bits per heavy atom. The Labute approximate surface area is 402 Å². The zero-order valence-corrected chi connectivity index (χ0v) is 37.2. The topological polar surface area (TPSA) is 74.8 Å². The molecule has 0 saturated carbocycles. The third-order valence-electron chi connectivity index (χ3n) is 13.6. The molecule has 14 aromatic rings. The fourth-order valence-electron chi connectivity index (χ4n) is 10.6. The molecule has 0 atom stereocenters. The summed E-state index contributed by atoms with van der Waals surface area (Å²) in [4.78, 5) is 14.8. The van der Waals surface area contributed by atoms with Crippen molar-refractivity contribution in [3.05, 3.63) is 199 Å². The molecule has 72 heavy (non-hydrogen) atoms. The van der Waals surface area contributed by atoms with Crippen LogP contribution in [0.5, 0.6) is 0 Å². The fraction of sp³-hybridized carbons (Fsp3) is 0.0339. The highest BCUT2D eigenvalue weighted by atomic mass is 19.4. The zero-order valence-electron chi connectivity index (χ0n) is 37.2. The van der Waals surface area contributed by atoms with E-state index in [-0.39, 0.29) is 28.6 Å². The summed E-state index contributed by atoms with van der Waals surface area (Å²) in [5.74, 6) is -0.360. The summed E-state index contributed by atoms with van der Waals surface area (Å²) in [5, 5.41) is 6.68. The first-order valence-electron chi connectivity index (χ1n) is 22.9. The van der Waals surface area contributed by atoms with E-state index in [2.05, 4.69) is 0 Å². The molecule has 5 aromatic heterocycles. The van der Waals surface area contributed by atoms with E-state index in [1.54, 1.807) is 30.3 Å². The predicted molar refractivity (Wildman–Crippen MR) is 269 cm³/mol. The quantitative estimate of drug-likeness (QED) is 0.161. The van der Waals surface area contributed by atoms with Gasteiger partial charge in [0.1, 0.15) is 22.3 Å². The third kappa shape index (κ3) is 6.22. The first-order valence-corrected chi connectivity index (χ1v) is 22.9. The lowest BCUT2D eigenvalue weighted by Crippen LogP contribution is -2.10. The van der Waals surface area contributed by atoms with Gasteiger partial charge in [-0.2, -0.15) is 26.3 Å². The molecule has 0 bridgehead atoms. The molecule has 7 nitrogen and oxygen atoms in total. The van der Waals surface area contributed by atoms with Crippen LogP contribution in [0.4, 0.5) is 26.3 Å². The molecule has 0 spiro atoms. The number of fused-ring (bicyclic) bond motifs is 14. The van der Waals surface area contributed by atoms with Crippen molar-refractivity contribution in [2.75, 3.05) is 0 Å². The van der Waals surface area contributed by atoms with Gasteiger partial charge in [0.15, 0.2) is 17.5 Å². The van der Waals surface area contributed by atoms with Gasteiger partial charge in [0.05, 0.1) is 44.6 Å². The molecule has 0 aliphatic rings. The minimum Gasteiger partial charge on any atom is -0.456 e. The number of aromatic nitrogens is 5. The van der Waals surface area contributed by atoms with E-state index in [1.165, 1.54) is 12.1 Å². The SMILES string of the molecule is FC(F)(F)c1ccc(-n2c3ccccc3c3c4c(ccc32)oc2ccccc24)c(-c2nc(-c3ccccc3)nc(-c3cc(C(F)(F)F)ccc3-n3c4ccccc4c4c5c(ccc43)oc3ccccc35)n2)c1. The zero-order chi connectivity index (χ0) is 48.6. The van der Waals surface area contributed by atoms with E-state index >= 15 is 26.3 Å². The lowest BCUT2D eigenvalue weighted by molar-refractivity contribution is -0.138. The summed E-state index contributed by atoms with van der Waals surface area (Å²) in [6.07, 6.45) is -9.60. The van der Waals surface area contributed by atoms with E-state index in [0.717, 1.165) is 67.4 Å². The highest BCUT2D eigenvalue weighted by Gasteiger charge is 2.35. The van der Waals surface area contributed by atoms with Crippen molar-refractivity contribution in [2.45, 2.75) is 12.4 Å². The summed E-state index contributed by atoms with van der Waals surface area (Å²) in [6.45, 7) is 0. The maximum atomic E-state index is 15.0. The highest BCUT2D eigenvalue weighted by molar-refractivity contribution is 6.28. The number of hydrogen-bond donors (Lipinski definition) is 0. The van der Waals surface area contributed by atoms with Gasteiger partial charge < -0.3 is 18.0 Å². The molecule has 14 rings (SSSR count). The molecule has 0 unspecified atom stereocenters. The normalized spacial score (nSPS) is 12.6. The molecule has 0 fully saturated rings. The Bertz CT molecular complexity index is 4300. The summed E-state index contributed by atoms with van der Waals surface area (Å²) >= 11 is 0. The van der Waals surface area contributed by atoms with Gasteiger partial charge in [0.25, 0.3) is 0 Å². The van der Waals surface area contributed by atoms with Crippen molar-refractivity contribution in [2.24, 2.45) is 0 Å². The molecular weight excluding hydrogens is 925 g/mol. The van der Waals surface area contributed by atoms with Gasteiger partial charge in [0, 0.05) is 59.8 Å². The van der Waals surface area contributed by atoms with Crippen LogP contribution in [-0.4, -0.2) is 24.1 Å². The maximum Gasteiger partial charge on any atom is 0.416 e. The third-order valence-corrected chi connectivity index (χ3v) is 13.6. The Kier molecular flexibility index (Phi) is 8.77. The van der Waals surface area contributed by atoms with E-state index in [1.807, 2.05) is 130 Å². The van der Waals surface area contributed by atoms with Crippen LogP contribution in [0, 0.1) is 0 Å². The van der Waals surface area contributed by atoms with Crippen LogP contribution in [0.1, 0.15) is 11.1 Å². The van der Waals surface area contributed by atoms with Gasteiger partial charge in [-0.1, -0.05) is 103 Å². The maximum absolute atomic E-state index is 15.0. The molecule has 0 N–H and O–H groups in total. The largest absolute Gasteiger partial charge is 0.456 e. The van der Waals surface area contributed by atoms with Crippen molar-refractivity contribution in [3.63, 3.8) is 0 Å². The van der Waals surface area contributed by atoms with Crippen LogP contribution in [0.2, 0.25) is 0 Å². The second-order valence-electron chi connectivity index (χ2n) is 17.7. The van der Waals surface area contributed by atoms with E-state index in [9.17, 15) is 0 Å². The fourth-order valence-corrected chi connectivity index (χ4v) is 10.6. The lowest BCUT2D eigenvalue weighted by Gasteiger charge is -2.18. The van der Waals surface area contributed by atoms with Gasteiger partial charge in [0.2, 0.25) is 0 Å². The van der Waals surface area contributed by atoms with E-state index in [4.69, 9.17) is 23.8 Å². The average molecular weight is 956 g/mol.